The summed E-state index contributed by atoms with van der Waals surface area (Å²) in [5.74, 6) is -0.973. The molecule has 0 aliphatic carbocycles. The topological polar surface area (TPSA) is 69.6 Å². The third-order valence-corrected chi connectivity index (χ3v) is 5.43. The Morgan fingerprint density at radius 2 is 2.14 bits per heavy atom. The average Bonchev–Trinajstić information content (AvgIpc) is 2.93. The molecule has 1 atom stereocenters. The number of carboxylic acid groups (broad SMARTS) is 1. The zero-order chi connectivity index (χ0) is 15.6. The maximum absolute atomic E-state index is 12.5. The third-order valence-electron chi connectivity index (χ3n) is 4.43. The summed E-state index contributed by atoms with van der Waals surface area (Å²) in [7, 11) is 0. The zero-order valence-corrected chi connectivity index (χ0v) is 13.5. The molecule has 1 aliphatic heterocycles. The molecule has 0 saturated carbocycles. The van der Waals surface area contributed by atoms with Crippen LogP contribution in [0, 0.1) is 0 Å². The second-order valence-corrected chi connectivity index (χ2v) is 6.68. The van der Waals surface area contributed by atoms with Crippen molar-refractivity contribution in [1.29, 1.82) is 0 Å². The molecule has 2 N–H and O–H groups in total. The van der Waals surface area contributed by atoms with Crippen LogP contribution >= 0.6 is 11.3 Å². The van der Waals surface area contributed by atoms with Gasteiger partial charge in [-0.15, -0.1) is 11.3 Å². The molecule has 0 fully saturated rings. The Labute approximate surface area is 129 Å². The van der Waals surface area contributed by atoms with Crippen molar-refractivity contribution in [3.05, 3.63) is 21.9 Å². The van der Waals surface area contributed by atoms with Gasteiger partial charge in [-0.05, 0) is 43.2 Å². The molecule has 1 aromatic heterocycles. The van der Waals surface area contributed by atoms with Crippen molar-refractivity contribution < 1.29 is 14.7 Å². The molecule has 2 heterocycles. The lowest BCUT2D eigenvalue weighted by Gasteiger charge is -2.37. The molecule has 2 amide bonds. The fourth-order valence-electron chi connectivity index (χ4n) is 2.56. The largest absolute Gasteiger partial charge is 0.479 e. The number of rotatable bonds is 4. The van der Waals surface area contributed by atoms with Crippen molar-refractivity contribution in [3.63, 3.8) is 0 Å². The van der Waals surface area contributed by atoms with E-state index in [0.29, 0.717) is 6.54 Å². The summed E-state index contributed by atoms with van der Waals surface area (Å²) in [6.45, 7) is 6.47. The van der Waals surface area contributed by atoms with Crippen LogP contribution in [-0.4, -0.2) is 34.1 Å². The van der Waals surface area contributed by atoms with Crippen LogP contribution < -0.4 is 5.32 Å². The third kappa shape index (κ3) is 3.05. The predicted octanol–water partition coefficient (Wildman–Crippen LogP) is 3.02. The van der Waals surface area contributed by atoms with E-state index in [-0.39, 0.29) is 11.6 Å². The standard InChI is InChI=1S/C15H22N2O3S/c1-4-15(3,5-2)16-14(20)17-8-6-11-10(7-9-21-11)12(17)13(18)19/h7,9,12H,4-6,8H2,1-3H3,(H,16,20)(H,18,19). The average molecular weight is 310 g/mol. The van der Waals surface area contributed by atoms with Crippen LogP contribution in [0.3, 0.4) is 0 Å². The quantitative estimate of drug-likeness (QED) is 0.898. The van der Waals surface area contributed by atoms with E-state index in [1.807, 2.05) is 32.2 Å². The highest BCUT2D eigenvalue weighted by Gasteiger charge is 2.38. The second-order valence-electron chi connectivity index (χ2n) is 5.68. The lowest BCUT2D eigenvalue weighted by atomic mass is 9.95. The summed E-state index contributed by atoms with van der Waals surface area (Å²) >= 11 is 1.56. The fraction of sp³-hybridized carbons (Fsp3) is 0.600. The van der Waals surface area contributed by atoms with Crippen molar-refractivity contribution in [2.75, 3.05) is 6.54 Å². The lowest BCUT2D eigenvalue weighted by molar-refractivity contribution is -0.142. The highest BCUT2D eigenvalue weighted by atomic mass is 32.1. The molecule has 0 bridgehead atoms. The summed E-state index contributed by atoms with van der Waals surface area (Å²) < 4.78 is 0. The number of carboxylic acids is 1. The predicted molar refractivity (Wildman–Crippen MR) is 82.6 cm³/mol. The molecule has 2 rings (SSSR count). The summed E-state index contributed by atoms with van der Waals surface area (Å²) in [6.07, 6.45) is 2.34. The van der Waals surface area contributed by atoms with Crippen molar-refractivity contribution in [1.82, 2.24) is 10.2 Å². The number of carbonyl (C=O) groups excluding carboxylic acids is 1. The normalized spacial score (nSPS) is 18.2. The van der Waals surface area contributed by atoms with E-state index in [0.717, 1.165) is 29.7 Å². The van der Waals surface area contributed by atoms with Gasteiger partial charge >= 0.3 is 12.0 Å². The van der Waals surface area contributed by atoms with Gasteiger partial charge in [-0.2, -0.15) is 0 Å². The molecular formula is C15H22N2O3S. The fourth-order valence-corrected chi connectivity index (χ4v) is 3.46. The molecule has 5 nitrogen and oxygen atoms in total. The van der Waals surface area contributed by atoms with Crippen LogP contribution in [-0.2, 0) is 11.2 Å². The first-order valence-corrected chi connectivity index (χ1v) is 8.17. The van der Waals surface area contributed by atoms with E-state index in [9.17, 15) is 14.7 Å². The lowest BCUT2D eigenvalue weighted by Crippen LogP contribution is -2.54. The van der Waals surface area contributed by atoms with Gasteiger partial charge in [0.05, 0.1) is 0 Å². The highest BCUT2D eigenvalue weighted by Crippen LogP contribution is 2.33. The molecule has 6 heteroatoms. The molecule has 0 spiro atoms. The number of thiophene rings is 1. The van der Waals surface area contributed by atoms with Crippen molar-refractivity contribution >= 4 is 23.3 Å². The van der Waals surface area contributed by atoms with E-state index >= 15 is 0 Å². The SMILES string of the molecule is CCC(C)(CC)NC(=O)N1CCc2sccc2C1C(=O)O. The maximum Gasteiger partial charge on any atom is 0.331 e. The highest BCUT2D eigenvalue weighted by molar-refractivity contribution is 7.10. The number of urea groups is 1. The van der Waals surface area contributed by atoms with E-state index in [4.69, 9.17) is 0 Å². The van der Waals surface area contributed by atoms with E-state index in [2.05, 4.69) is 5.32 Å². The van der Waals surface area contributed by atoms with Gasteiger partial charge in [0.25, 0.3) is 0 Å². The number of fused-ring (bicyclic) bond motifs is 1. The Morgan fingerprint density at radius 1 is 1.48 bits per heavy atom. The molecule has 0 radical (unpaired) electrons. The Bertz CT molecular complexity index is 537. The Morgan fingerprint density at radius 3 is 2.71 bits per heavy atom. The Balaban J connectivity index is 2.23. The minimum atomic E-state index is -0.973. The first kappa shape index (κ1) is 15.8. The van der Waals surface area contributed by atoms with Gasteiger partial charge in [0, 0.05) is 17.0 Å². The zero-order valence-electron chi connectivity index (χ0n) is 12.7. The number of nitrogens with zero attached hydrogens (tertiary/aromatic N) is 1. The van der Waals surface area contributed by atoms with Gasteiger partial charge in [0.15, 0.2) is 6.04 Å². The number of hydrogen-bond acceptors (Lipinski definition) is 3. The molecule has 21 heavy (non-hydrogen) atoms. The van der Waals surface area contributed by atoms with Gasteiger partial charge in [0.1, 0.15) is 0 Å². The van der Waals surface area contributed by atoms with E-state index < -0.39 is 12.0 Å². The second kappa shape index (κ2) is 6.05. The molecule has 1 unspecified atom stereocenters. The summed E-state index contributed by atoms with van der Waals surface area (Å²) in [6, 6.07) is 0.653. The van der Waals surface area contributed by atoms with Crippen molar-refractivity contribution in [3.8, 4) is 0 Å². The molecule has 1 aliphatic rings. The van der Waals surface area contributed by atoms with Gasteiger partial charge in [-0.1, -0.05) is 13.8 Å². The number of nitrogens with one attached hydrogen (secondary N) is 1. The van der Waals surface area contributed by atoms with E-state index in [1.54, 1.807) is 11.3 Å². The number of carbonyl (C=O) groups is 2. The minimum Gasteiger partial charge on any atom is -0.479 e. The number of amides is 2. The summed E-state index contributed by atoms with van der Waals surface area (Å²) in [5.41, 5.74) is 0.457. The molecule has 1 aromatic rings. The van der Waals surface area contributed by atoms with Crippen LogP contribution in [0.25, 0.3) is 0 Å². The Hall–Kier alpha value is -1.56. The monoisotopic (exact) mass is 310 g/mol. The van der Waals surface area contributed by atoms with Crippen LogP contribution in [0.15, 0.2) is 11.4 Å². The van der Waals surface area contributed by atoms with Gasteiger partial charge in [0.2, 0.25) is 0 Å². The summed E-state index contributed by atoms with van der Waals surface area (Å²) in [5, 5.41) is 14.4. The van der Waals surface area contributed by atoms with Crippen LogP contribution in [0.5, 0.6) is 0 Å². The smallest absolute Gasteiger partial charge is 0.331 e. The number of hydrogen-bond donors (Lipinski definition) is 2. The molecular weight excluding hydrogens is 288 g/mol. The maximum atomic E-state index is 12.5. The van der Waals surface area contributed by atoms with Crippen LogP contribution in [0.4, 0.5) is 4.79 Å². The molecule has 116 valence electrons. The summed E-state index contributed by atoms with van der Waals surface area (Å²) in [4.78, 5) is 26.7. The van der Waals surface area contributed by atoms with Crippen molar-refractivity contribution in [2.24, 2.45) is 0 Å². The first-order chi connectivity index (χ1) is 9.91. The van der Waals surface area contributed by atoms with Gasteiger partial charge in [-0.25, -0.2) is 9.59 Å². The van der Waals surface area contributed by atoms with Gasteiger partial charge < -0.3 is 15.3 Å². The number of aliphatic carboxylic acids is 1. The minimum absolute atomic E-state index is 0.287. The first-order valence-electron chi connectivity index (χ1n) is 7.29. The van der Waals surface area contributed by atoms with Crippen LogP contribution in [0.1, 0.15) is 50.1 Å². The Kier molecular flexibility index (Phi) is 4.56. The van der Waals surface area contributed by atoms with E-state index in [1.165, 1.54) is 4.90 Å². The molecule has 0 aromatic carbocycles. The van der Waals surface area contributed by atoms with Gasteiger partial charge in [-0.3, -0.25) is 0 Å². The molecule has 0 saturated heterocycles. The van der Waals surface area contributed by atoms with Crippen molar-refractivity contribution in [2.45, 2.75) is 51.6 Å². The van der Waals surface area contributed by atoms with Crippen LogP contribution in [0.2, 0.25) is 0 Å².